The van der Waals surface area contributed by atoms with E-state index in [4.69, 9.17) is 4.42 Å². The molecule has 0 bridgehead atoms. The molecule has 0 spiro atoms. The quantitative estimate of drug-likeness (QED) is 0.820. The van der Waals surface area contributed by atoms with Gasteiger partial charge in [-0.25, -0.2) is 0 Å². The van der Waals surface area contributed by atoms with E-state index in [1.54, 1.807) is 0 Å². The van der Waals surface area contributed by atoms with Gasteiger partial charge in [0.2, 0.25) is 11.8 Å². The van der Waals surface area contributed by atoms with Crippen LogP contribution in [0.15, 0.2) is 4.42 Å². The Morgan fingerprint density at radius 2 is 2.11 bits per heavy atom. The Kier molecular flexibility index (Phi) is 4.73. The lowest BCUT2D eigenvalue weighted by molar-refractivity contribution is -0.130. The molecule has 7 nitrogen and oxygen atoms in total. The summed E-state index contributed by atoms with van der Waals surface area (Å²) in [6, 6.07) is 0.295. The molecule has 0 saturated carbocycles. The van der Waals surface area contributed by atoms with Crippen LogP contribution in [0.4, 0.5) is 6.01 Å². The lowest BCUT2D eigenvalue weighted by Gasteiger charge is -2.26. The number of anilines is 1. The average molecular weight is 267 g/mol. The third-order valence-electron chi connectivity index (χ3n) is 3.34. The number of rotatable bonds is 5. The van der Waals surface area contributed by atoms with Crippen molar-refractivity contribution in [2.45, 2.75) is 32.2 Å². The Hall–Kier alpha value is -1.63. The van der Waals surface area contributed by atoms with Crippen LogP contribution in [0.2, 0.25) is 0 Å². The van der Waals surface area contributed by atoms with E-state index in [0.29, 0.717) is 11.9 Å². The first-order valence-corrected chi connectivity index (χ1v) is 6.73. The number of hydrogen-bond acceptors (Lipinski definition) is 6. The number of likely N-dealkylation sites (tertiary alicyclic amines) is 1. The van der Waals surface area contributed by atoms with Crippen LogP contribution >= 0.6 is 0 Å². The summed E-state index contributed by atoms with van der Waals surface area (Å²) in [5, 5.41) is 13.7. The number of carbonyl (C=O) groups is 1. The summed E-state index contributed by atoms with van der Waals surface area (Å²) < 4.78 is 5.41. The fourth-order valence-corrected chi connectivity index (χ4v) is 2.01. The minimum absolute atomic E-state index is 0.000783. The maximum Gasteiger partial charge on any atom is 0.315 e. The smallest absolute Gasteiger partial charge is 0.315 e. The normalized spacial score (nSPS) is 17.3. The predicted molar refractivity (Wildman–Crippen MR) is 70.7 cm³/mol. The third-order valence-corrected chi connectivity index (χ3v) is 3.34. The fraction of sp³-hybridized carbons (Fsp3) is 0.750. The molecule has 0 radical (unpaired) electrons. The van der Waals surface area contributed by atoms with Crippen LogP contribution in [0.5, 0.6) is 0 Å². The third kappa shape index (κ3) is 3.66. The summed E-state index contributed by atoms with van der Waals surface area (Å²) in [5.41, 5.74) is 0. The minimum Gasteiger partial charge on any atom is -0.406 e. The molecule has 1 aliphatic heterocycles. The molecular formula is C12H21N5O2. The monoisotopic (exact) mass is 267 g/mol. The first kappa shape index (κ1) is 13.8. The van der Waals surface area contributed by atoms with Gasteiger partial charge in [-0.1, -0.05) is 5.10 Å². The second-order valence-electron chi connectivity index (χ2n) is 4.75. The Bertz CT molecular complexity index is 414. The standard InChI is InChI=1S/C12H21N5O2/c1-9(13-2)11-15-16-12(19-11)14-8-10(18)17-6-4-3-5-7-17/h9,13H,3-8H2,1-2H3,(H,14,16). The molecule has 1 amide bonds. The number of aromatic nitrogens is 2. The van der Waals surface area contributed by atoms with Gasteiger partial charge >= 0.3 is 6.01 Å². The Morgan fingerprint density at radius 1 is 1.37 bits per heavy atom. The van der Waals surface area contributed by atoms with Gasteiger partial charge in [0.25, 0.3) is 0 Å². The molecule has 1 aromatic rings. The molecule has 1 saturated heterocycles. The number of carbonyl (C=O) groups excluding carboxylic acids is 1. The van der Waals surface area contributed by atoms with E-state index >= 15 is 0 Å². The summed E-state index contributed by atoms with van der Waals surface area (Å²) in [6.07, 6.45) is 3.40. The number of piperidine rings is 1. The van der Waals surface area contributed by atoms with Crippen LogP contribution in [-0.2, 0) is 4.79 Å². The van der Waals surface area contributed by atoms with Gasteiger partial charge < -0.3 is 20.0 Å². The molecule has 0 aliphatic carbocycles. The van der Waals surface area contributed by atoms with E-state index in [1.165, 1.54) is 6.42 Å². The zero-order valence-electron chi connectivity index (χ0n) is 11.5. The molecule has 1 aliphatic rings. The van der Waals surface area contributed by atoms with E-state index in [0.717, 1.165) is 25.9 Å². The van der Waals surface area contributed by atoms with Crippen molar-refractivity contribution in [3.63, 3.8) is 0 Å². The molecule has 1 fully saturated rings. The molecule has 2 rings (SSSR count). The highest BCUT2D eigenvalue weighted by molar-refractivity contribution is 5.80. The second kappa shape index (κ2) is 6.51. The van der Waals surface area contributed by atoms with Gasteiger partial charge in [-0.2, -0.15) is 0 Å². The van der Waals surface area contributed by atoms with Crippen molar-refractivity contribution >= 4 is 11.9 Å². The summed E-state index contributed by atoms with van der Waals surface area (Å²) in [4.78, 5) is 13.8. The highest BCUT2D eigenvalue weighted by Gasteiger charge is 2.17. The first-order chi connectivity index (χ1) is 9.20. The highest BCUT2D eigenvalue weighted by Crippen LogP contribution is 2.13. The van der Waals surface area contributed by atoms with E-state index < -0.39 is 0 Å². The fourth-order valence-electron chi connectivity index (χ4n) is 2.01. The largest absolute Gasteiger partial charge is 0.406 e. The van der Waals surface area contributed by atoms with Crippen LogP contribution in [0.25, 0.3) is 0 Å². The molecule has 2 heterocycles. The lowest BCUT2D eigenvalue weighted by Crippen LogP contribution is -2.39. The van der Waals surface area contributed by atoms with Crippen LogP contribution in [0.1, 0.15) is 38.1 Å². The number of nitrogens with zero attached hydrogens (tertiary/aromatic N) is 3. The van der Waals surface area contributed by atoms with Gasteiger partial charge in [0.1, 0.15) is 0 Å². The summed E-state index contributed by atoms with van der Waals surface area (Å²) >= 11 is 0. The van der Waals surface area contributed by atoms with Crippen molar-refractivity contribution in [2.75, 3.05) is 32.0 Å². The van der Waals surface area contributed by atoms with Gasteiger partial charge in [-0.3, -0.25) is 4.79 Å². The summed E-state index contributed by atoms with van der Waals surface area (Å²) in [6.45, 7) is 3.84. The molecule has 2 N–H and O–H groups in total. The maximum atomic E-state index is 11.9. The molecule has 1 aromatic heterocycles. The van der Waals surface area contributed by atoms with Crippen molar-refractivity contribution in [1.82, 2.24) is 20.4 Å². The second-order valence-corrected chi connectivity index (χ2v) is 4.75. The lowest BCUT2D eigenvalue weighted by atomic mass is 10.1. The zero-order chi connectivity index (χ0) is 13.7. The van der Waals surface area contributed by atoms with Crippen molar-refractivity contribution in [1.29, 1.82) is 0 Å². The maximum absolute atomic E-state index is 11.9. The molecule has 19 heavy (non-hydrogen) atoms. The van der Waals surface area contributed by atoms with Gasteiger partial charge in [0.15, 0.2) is 0 Å². The van der Waals surface area contributed by atoms with Crippen LogP contribution in [0.3, 0.4) is 0 Å². The molecular weight excluding hydrogens is 246 g/mol. The SMILES string of the molecule is CNC(C)c1nnc(NCC(=O)N2CCCCC2)o1. The van der Waals surface area contributed by atoms with Gasteiger partial charge in [-0.15, -0.1) is 5.10 Å². The van der Waals surface area contributed by atoms with Crippen molar-refractivity contribution < 1.29 is 9.21 Å². The van der Waals surface area contributed by atoms with Gasteiger partial charge in [0, 0.05) is 13.1 Å². The number of amides is 1. The Labute approximate surface area is 112 Å². The van der Waals surface area contributed by atoms with Crippen LogP contribution in [-0.4, -0.2) is 47.7 Å². The topological polar surface area (TPSA) is 83.3 Å². The molecule has 7 heteroatoms. The Morgan fingerprint density at radius 3 is 2.79 bits per heavy atom. The number of hydrogen-bond donors (Lipinski definition) is 2. The van der Waals surface area contributed by atoms with Crippen molar-refractivity contribution in [3.05, 3.63) is 5.89 Å². The van der Waals surface area contributed by atoms with Crippen LogP contribution < -0.4 is 10.6 Å². The molecule has 0 aromatic carbocycles. The molecule has 106 valence electrons. The van der Waals surface area contributed by atoms with E-state index in [1.807, 2.05) is 18.9 Å². The number of nitrogens with one attached hydrogen (secondary N) is 2. The Balaban J connectivity index is 1.81. The molecule has 1 unspecified atom stereocenters. The predicted octanol–water partition coefficient (Wildman–Crippen LogP) is 0.774. The van der Waals surface area contributed by atoms with Gasteiger partial charge in [0.05, 0.1) is 12.6 Å². The van der Waals surface area contributed by atoms with E-state index in [9.17, 15) is 4.79 Å². The highest BCUT2D eigenvalue weighted by atomic mass is 16.4. The minimum atomic E-state index is 0.000783. The zero-order valence-corrected chi connectivity index (χ0v) is 11.5. The first-order valence-electron chi connectivity index (χ1n) is 6.73. The van der Waals surface area contributed by atoms with Crippen molar-refractivity contribution in [3.8, 4) is 0 Å². The molecule has 1 atom stereocenters. The van der Waals surface area contributed by atoms with E-state index in [-0.39, 0.29) is 18.5 Å². The van der Waals surface area contributed by atoms with E-state index in [2.05, 4.69) is 20.8 Å². The average Bonchev–Trinajstić information content (AvgIpc) is 2.93. The van der Waals surface area contributed by atoms with Crippen molar-refractivity contribution in [2.24, 2.45) is 0 Å². The van der Waals surface area contributed by atoms with Crippen LogP contribution in [0, 0.1) is 0 Å². The summed E-state index contributed by atoms with van der Waals surface area (Å²) in [5.74, 6) is 0.594. The van der Waals surface area contributed by atoms with Gasteiger partial charge in [-0.05, 0) is 33.2 Å². The summed E-state index contributed by atoms with van der Waals surface area (Å²) in [7, 11) is 1.82.